The van der Waals surface area contributed by atoms with Crippen molar-refractivity contribution in [3.8, 4) is 11.3 Å². The SMILES string of the molecule is C=CC(=O)N1CCC2(CCN(c3nc(-c4cnn(C)c4)c4c(c3F)CNC4=O)C2)C1. The van der Waals surface area contributed by atoms with Crippen molar-refractivity contribution in [3.63, 3.8) is 0 Å². The molecule has 8 nitrogen and oxygen atoms in total. The molecule has 2 aromatic heterocycles. The molecule has 2 aromatic rings. The number of pyridine rings is 1. The number of aryl methyl sites for hydroxylation is 1. The molecule has 0 saturated carbocycles. The van der Waals surface area contributed by atoms with E-state index in [0.29, 0.717) is 48.6 Å². The second-order valence-electron chi connectivity index (χ2n) is 8.42. The summed E-state index contributed by atoms with van der Waals surface area (Å²) in [7, 11) is 1.79. The normalized spacial score (nSPS) is 22.7. The number of amides is 2. The van der Waals surface area contributed by atoms with Gasteiger partial charge in [-0.05, 0) is 18.9 Å². The molecule has 0 aliphatic carbocycles. The third-order valence-corrected chi connectivity index (χ3v) is 6.51. The Morgan fingerprint density at radius 3 is 2.87 bits per heavy atom. The highest BCUT2D eigenvalue weighted by Crippen LogP contribution is 2.43. The fourth-order valence-electron chi connectivity index (χ4n) is 4.93. The largest absolute Gasteiger partial charge is 0.354 e. The number of aromatic nitrogens is 3. The molecule has 5 heterocycles. The Balaban J connectivity index is 1.51. The van der Waals surface area contributed by atoms with E-state index in [1.54, 1.807) is 24.1 Å². The van der Waals surface area contributed by atoms with Crippen LogP contribution in [0.4, 0.5) is 10.2 Å². The number of nitrogens with zero attached hydrogens (tertiary/aromatic N) is 5. The first-order chi connectivity index (χ1) is 14.4. The van der Waals surface area contributed by atoms with Crippen molar-refractivity contribution in [2.24, 2.45) is 12.5 Å². The van der Waals surface area contributed by atoms with Gasteiger partial charge in [0.2, 0.25) is 5.91 Å². The molecule has 0 aromatic carbocycles. The van der Waals surface area contributed by atoms with E-state index in [-0.39, 0.29) is 29.6 Å². The molecule has 3 aliphatic heterocycles. The fourth-order valence-corrected chi connectivity index (χ4v) is 4.93. The monoisotopic (exact) mass is 410 g/mol. The predicted molar refractivity (Wildman–Crippen MR) is 108 cm³/mol. The summed E-state index contributed by atoms with van der Waals surface area (Å²) in [5.41, 5.74) is 1.74. The minimum atomic E-state index is -0.440. The lowest BCUT2D eigenvalue weighted by Crippen LogP contribution is -2.33. The molecule has 2 fully saturated rings. The molecule has 1 atom stereocenters. The Kier molecular flexibility index (Phi) is 4.16. The van der Waals surface area contributed by atoms with Gasteiger partial charge in [0.05, 0.1) is 17.5 Å². The van der Waals surface area contributed by atoms with Gasteiger partial charge in [-0.3, -0.25) is 14.3 Å². The Hall–Kier alpha value is -3.23. The first-order valence-electron chi connectivity index (χ1n) is 10.1. The number of carbonyl (C=O) groups excluding carboxylic acids is 2. The van der Waals surface area contributed by atoms with Crippen molar-refractivity contribution < 1.29 is 14.0 Å². The number of rotatable bonds is 3. The van der Waals surface area contributed by atoms with Crippen LogP contribution in [0.2, 0.25) is 0 Å². The van der Waals surface area contributed by atoms with Crippen molar-refractivity contribution in [1.29, 1.82) is 0 Å². The van der Waals surface area contributed by atoms with Crippen LogP contribution in [-0.2, 0) is 18.4 Å². The standard InChI is InChI=1S/C21H23FN6O2/c1-3-15(29)27-6-4-21(11-27)5-7-28(12-21)19-17(22)14-9-23-20(30)16(14)18(25-19)13-8-24-26(2)10-13/h3,8,10H,1,4-7,9,11-12H2,2H3,(H,23,30). The van der Waals surface area contributed by atoms with Crippen LogP contribution in [0, 0.1) is 11.2 Å². The molecular formula is C21H23FN6O2. The summed E-state index contributed by atoms with van der Waals surface area (Å²) >= 11 is 0. The average Bonchev–Trinajstić information content (AvgIpc) is 3.52. The maximum atomic E-state index is 15.4. The summed E-state index contributed by atoms with van der Waals surface area (Å²) in [5, 5.41) is 6.89. The van der Waals surface area contributed by atoms with E-state index in [1.807, 2.05) is 9.80 Å². The molecule has 1 N–H and O–H groups in total. The van der Waals surface area contributed by atoms with Gasteiger partial charge in [0.1, 0.15) is 0 Å². The third kappa shape index (κ3) is 2.79. The third-order valence-electron chi connectivity index (χ3n) is 6.51. The summed E-state index contributed by atoms with van der Waals surface area (Å²) < 4.78 is 17.1. The maximum absolute atomic E-state index is 15.4. The topological polar surface area (TPSA) is 83.4 Å². The van der Waals surface area contributed by atoms with Crippen LogP contribution in [-0.4, -0.2) is 57.7 Å². The zero-order valence-electron chi connectivity index (χ0n) is 16.8. The highest BCUT2D eigenvalue weighted by Gasteiger charge is 2.45. The summed E-state index contributed by atoms with van der Waals surface area (Å²) in [4.78, 5) is 32.8. The zero-order valence-corrected chi connectivity index (χ0v) is 16.8. The summed E-state index contributed by atoms with van der Waals surface area (Å²) in [6.45, 7) is 6.36. The molecular weight excluding hydrogens is 387 g/mol. The quantitative estimate of drug-likeness (QED) is 0.775. The Labute approximate surface area is 173 Å². The highest BCUT2D eigenvalue weighted by molar-refractivity contribution is 6.04. The van der Waals surface area contributed by atoms with Gasteiger partial charge in [0.15, 0.2) is 11.6 Å². The van der Waals surface area contributed by atoms with Crippen molar-refractivity contribution in [1.82, 2.24) is 25.0 Å². The van der Waals surface area contributed by atoms with Crippen molar-refractivity contribution >= 4 is 17.6 Å². The van der Waals surface area contributed by atoms with Crippen LogP contribution in [0.1, 0.15) is 28.8 Å². The molecule has 30 heavy (non-hydrogen) atoms. The number of likely N-dealkylation sites (tertiary alicyclic amines) is 1. The molecule has 0 radical (unpaired) electrons. The molecule has 156 valence electrons. The van der Waals surface area contributed by atoms with E-state index >= 15 is 4.39 Å². The van der Waals surface area contributed by atoms with Crippen molar-refractivity contribution in [3.05, 3.63) is 42.0 Å². The highest BCUT2D eigenvalue weighted by atomic mass is 19.1. The first kappa shape index (κ1) is 18.8. The summed E-state index contributed by atoms with van der Waals surface area (Å²) in [6, 6.07) is 0. The lowest BCUT2D eigenvalue weighted by Gasteiger charge is -2.25. The smallest absolute Gasteiger partial charge is 0.254 e. The minimum Gasteiger partial charge on any atom is -0.354 e. The van der Waals surface area contributed by atoms with Crippen LogP contribution in [0.15, 0.2) is 25.0 Å². The van der Waals surface area contributed by atoms with Gasteiger partial charge in [-0.15, -0.1) is 0 Å². The molecule has 1 unspecified atom stereocenters. The molecule has 1 spiro atoms. The van der Waals surface area contributed by atoms with Crippen LogP contribution in [0.25, 0.3) is 11.3 Å². The van der Waals surface area contributed by atoms with Gasteiger partial charge in [0, 0.05) is 62.5 Å². The molecule has 5 rings (SSSR count). The maximum Gasteiger partial charge on any atom is 0.254 e. The van der Waals surface area contributed by atoms with Crippen molar-refractivity contribution in [2.75, 3.05) is 31.1 Å². The fraction of sp³-hybridized carbons (Fsp3) is 0.429. The molecule has 0 bridgehead atoms. The number of hydrogen-bond acceptors (Lipinski definition) is 5. The van der Waals surface area contributed by atoms with Gasteiger partial charge < -0.3 is 15.1 Å². The average molecular weight is 410 g/mol. The van der Waals surface area contributed by atoms with E-state index in [4.69, 9.17) is 0 Å². The van der Waals surface area contributed by atoms with Gasteiger partial charge >= 0.3 is 0 Å². The van der Waals surface area contributed by atoms with Crippen molar-refractivity contribution in [2.45, 2.75) is 19.4 Å². The Morgan fingerprint density at radius 2 is 2.13 bits per heavy atom. The Morgan fingerprint density at radius 1 is 1.33 bits per heavy atom. The van der Waals surface area contributed by atoms with Gasteiger partial charge in [-0.25, -0.2) is 9.37 Å². The van der Waals surface area contributed by atoms with E-state index < -0.39 is 5.82 Å². The predicted octanol–water partition coefficient (Wildman–Crippen LogP) is 1.48. The molecule has 3 aliphatic rings. The number of halogens is 1. The second kappa shape index (κ2) is 6.65. The number of carbonyl (C=O) groups is 2. The summed E-state index contributed by atoms with van der Waals surface area (Å²) in [6.07, 6.45) is 6.50. The molecule has 9 heteroatoms. The second-order valence-corrected chi connectivity index (χ2v) is 8.42. The lowest BCUT2D eigenvalue weighted by atomic mass is 9.86. The van der Waals surface area contributed by atoms with Crippen LogP contribution in [0.5, 0.6) is 0 Å². The van der Waals surface area contributed by atoms with Crippen LogP contribution in [0.3, 0.4) is 0 Å². The number of fused-ring (bicyclic) bond motifs is 1. The van der Waals surface area contributed by atoms with Gasteiger partial charge in [-0.1, -0.05) is 6.58 Å². The number of nitrogens with one attached hydrogen (secondary N) is 1. The minimum absolute atomic E-state index is 0.0596. The van der Waals surface area contributed by atoms with Gasteiger partial charge in [0.25, 0.3) is 5.91 Å². The summed E-state index contributed by atoms with van der Waals surface area (Å²) in [5.74, 6) is -0.538. The molecule has 2 saturated heterocycles. The van der Waals surface area contributed by atoms with E-state index in [9.17, 15) is 9.59 Å². The molecule has 2 amide bonds. The van der Waals surface area contributed by atoms with E-state index in [0.717, 1.165) is 12.8 Å². The van der Waals surface area contributed by atoms with E-state index in [2.05, 4.69) is 22.0 Å². The van der Waals surface area contributed by atoms with E-state index in [1.165, 1.54) is 6.08 Å². The lowest BCUT2D eigenvalue weighted by molar-refractivity contribution is -0.125. The Bertz CT molecular complexity index is 1080. The zero-order chi connectivity index (χ0) is 21.0. The number of anilines is 1. The number of hydrogen-bond donors (Lipinski definition) is 1. The van der Waals surface area contributed by atoms with Gasteiger partial charge in [-0.2, -0.15) is 5.10 Å². The van der Waals surface area contributed by atoms with Crippen LogP contribution >= 0.6 is 0 Å². The first-order valence-corrected chi connectivity index (χ1v) is 10.1. The van der Waals surface area contributed by atoms with Crippen LogP contribution < -0.4 is 10.2 Å².